The molecule has 0 fully saturated rings. The highest BCUT2D eigenvalue weighted by molar-refractivity contribution is 6.30. The fourth-order valence-corrected chi connectivity index (χ4v) is 2.46. The van der Waals surface area contributed by atoms with Gasteiger partial charge in [0.1, 0.15) is 0 Å². The Bertz CT molecular complexity index is 811. The molecule has 0 saturated carbocycles. The molecule has 1 heterocycles. The molecule has 3 rings (SSSR count). The van der Waals surface area contributed by atoms with Gasteiger partial charge in [-0.25, -0.2) is 4.79 Å². The zero-order chi connectivity index (χ0) is 14.8. The third-order valence-electron chi connectivity index (χ3n) is 3.29. The quantitative estimate of drug-likeness (QED) is 0.695. The van der Waals surface area contributed by atoms with Crippen LogP contribution in [0.4, 0.5) is 0 Å². The average molecular weight is 301 g/mol. The predicted octanol–water partition coefficient (Wildman–Crippen LogP) is 3.52. The zero-order valence-electron chi connectivity index (χ0n) is 11.4. The van der Waals surface area contributed by atoms with Crippen molar-refractivity contribution in [1.29, 1.82) is 0 Å². The lowest BCUT2D eigenvalue weighted by molar-refractivity contribution is 0.0601. The van der Waals surface area contributed by atoms with E-state index in [2.05, 4.69) is 5.10 Å². The lowest BCUT2D eigenvalue weighted by Crippen LogP contribution is -2.04. The molecule has 5 heteroatoms. The Hall–Kier alpha value is -2.33. The largest absolute Gasteiger partial charge is 0.465 e. The van der Waals surface area contributed by atoms with Crippen molar-refractivity contribution in [3.63, 3.8) is 0 Å². The maximum Gasteiger partial charge on any atom is 0.337 e. The molecule has 106 valence electrons. The Kier molecular flexibility index (Phi) is 3.62. The number of rotatable bonds is 3. The topological polar surface area (TPSA) is 44.1 Å². The summed E-state index contributed by atoms with van der Waals surface area (Å²) in [7, 11) is 1.37. The van der Waals surface area contributed by atoms with Gasteiger partial charge in [0, 0.05) is 10.4 Å². The molecular weight excluding hydrogens is 288 g/mol. The van der Waals surface area contributed by atoms with E-state index in [1.54, 1.807) is 18.3 Å². The molecule has 0 aliphatic rings. The van der Waals surface area contributed by atoms with Gasteiger partial charge in [-0.1, -0.05) is 29.8 Å². The minimum absolute atomic E-state index is 0.354. The van der Waals surface area contributed by atoms with Crippen LogP contribution in [0.3, 0.4) is 0 Å². The maximum absolute atomic E-state index is 11.6. The van der Waals surface area contributed by atoms with Crippen LogP contribution in [0, 0.1) is 0 Å². The number of hydrogen-bond donors (Lipinski definition) is 0. The van der Waals surface area contributed by atoms with Crippen LogP contribution in [0.2, 0.25) is 5.02 Å². The number of aromatic nitrogens is 2. The Morgan fingerprint density at radius 3 is 2.90 bits per heavy atom. The van der Waals surface area contributed by atoms with E-state index in [-0.39, 0.29) is 5.97 Å². The van der Waals surface area contributed by atoms with Crippen molar-refractivity contribution in [1.82, 2.24) is 9.78 Å². The number of fused-ring (bicyclic) bond motifs is 1. The number of esters is 1. The van der Waals surface area contributed by atoms with Gasteiger partial charge in [0.05, 0.1) is 30.9 Å². The highest BCUT2D eigenvalue weighted by Gasteiger charge is 2.09. The summed E-state index contributed by atoms with van der Waals surface area (Å²) >= 11 is 6.00. The minimum Gasteiger partial charge on any atom is -0.465 e. The highest BCUT2D eigenvalue weighted by Crippen LogP contribution is 2.19. The predicted molar refractivity (Wildman–Crippen MR) is 81.6 cm³/mol. The summed E-state index contributed by atoms with van der Waals surface area (Å²) in [6.45, 7) is 0.592. The van der Waals surface area contributed by atoms with E-state index in [1.165, 1.54) is 7.11 Å². The van der Waals surface area contributed by atoms with Gasteiger partial charge in [0.25, 0.3) is 0 Å². The van der Waals surface area contributed by atoms with E-state index in [0.717, 1.165) is 16.5 Å². The van der Waals surface area contributed by atoms with Crippen LogP contribution in [-0.2, 0) is 11.3 Å². The second-order valence-corrected chi connectivity index (χ2v) is 5.13. The summed E-state index contributed by atoms with van der Waals surface area (Å²) < 4.78 is 6.59. The summed E-state index contributed by atoms with van der Waals surface area (Å²) in [5, 5.41) is 6.04. The van der Waals surface area contributed by atoms with Crippen LogP contribution in [-0.4, -0.2) is 22.9 Å². The van der Waals surface area contributed by atoms with Gasteiger partial charge in [0.2, 0.25) is 0 Å². The molecule has 0 aliphatic carbocycles. The summed E-state index contributed by atoms with van der Waals surface area (Å²) in [6.07, 6.45) is 1.78. The molecule has 3 aromatic rings. The van der Waals surface area contributed by atoms with E-state index in [1.807, 2.05) is 35.0 Å². The first kappa shape index (κ1) is 13.6. The molecule has 0 N–H and O–H groups in total. The van der Waals surface area contributed by atoms with Crippen LogP contribution < -0.4 is 0 Å². The zero-order valence-corrected chi connectivity index (χ0v) is 12.2. The molecule has 21 heavy (non-hydrogen) atoms. The molecule has 0 bridgehead atoms. The van der Waals surface area contributed by atoms with E-state index in [4.69, 9.17) is 16.3 Å². The van der Waals surface area contributed by atoms with Crippen molar-refractivity contribution < 1.29 is 9.53 Å². The summed E-state index contributed by atoms with van der Waals surface area (Å²) in [5.41, 5.74) is 2.45. The van der Waals surface area contributed by atoms with Crippen molar-refractivity contribution in [2.45, 2.75) is 6.54 Å². The maximum atomic E-state index is 11.6. The molecule has 0 saturated heterocycles. The van der Waals surface area contributed by atoms with Gasteiger partial charge in [-0.3, -0.25) is 4.68 Å². The molecule has 4 nitrogen and oxygen atoms in total. The van der Waals surface area contributed by atoms with Gasteiger partial charge in [-0.05, 0) is 29.8 Å². The Morgan fingerprint density at radius 2 is 2.14 bits per heavy atom. The SMILES string of the molecule is COC(=O)c1ccc2cnn(Cc3cccc(Cl)c3)c2c1. The van der Waals surface area contributed by atoms with Crippen LogP contribution in [0.1, 0.15) is 15.9 Å². The van der Waals surface area contributed by atoms with Crippen LogP contribution in [0.5, 0.6) is 0 Å². The molecule has 0 spiro atoms. The average Bonchev–Trinajstić information content (AvgIpc) is 2.89. The number of hydrogen-bond acceptors (Lipinski definition) is 3. The summed E-state index contributed by atoms with van der Waals surface area (Å²) in [6, 6.07) is 13.0. The molecule has 0 amide bonds. The second-order valence-electron chi connectivity index (χ2n) is 4.70. The first-order valence-corrected chi connectivity index (χ1v) is 6.83. The molecule has 0 aliphatic heterocycles. The van der Waals surface area contributed by atoms with Crippen LogP contribution in [0.25, 0.3) is 10.9 Å². The molecule has 2 aromatic carbocycles. The molecule has 0 radical (unpaired) electrons. The van der Waals surface area contributed by atoms with E-state index in [0.29, 0.717) is 17.1 Å². The fraction of sp³-hybridized carbons (Fsp3) is 0.125. The van der Waals surface area contributed by atoms with E-state index >= 15 is 0 Å². The minimum atomic E-state index is -0.354. The first-order valence-electron chi connectivity index (χ1n) is 6.46. The smallest absolute Gasteiger partial charge is 0.337 e. The van der Waals surface area contributed by atoms with Gasteiger partial charge in [0.15, 0.2) is 0 Å². The lowest BCUT2D eigenvalue weighted by Gasteiger charge is -2.05. The molecule has 0 atom stereocenters. The van der Waals surface area contributed by atoms with Crippen molar-refractivity contribution in [3.05, 3.63) is 64.8 Å². The molecular formula is C16H13ClN2O2. The fourth-order valence-electron chi connectivity index (χ4n) is 2.25. The third-order valence-corrected chi connectivity index (χ3v) is 3.52. The number of methoxy groups -OCH3 is 1. The molecule has 0 unspecified atom stereocenters. The van der Waals surface area contributed by atoms with Gasteiger partial charge in [-0.2, -0.15) is 5.10 Å². The number of benzene rings is 2. The number of carbonyl (C=O) groups excluding carboxylic acids is 1. The Balaban J connectivity index is 2.00. The van der Waals surface area contributed by atoms with Crippen LogP contribution in [0.15, 0.2) is 48.7 Å². The number of carbonyl (C=O) groups is 1. The van der Waals surface area contributed by atoms with E-state index < -0.39 is 0 Å². The van der Waals surface area contributed by atoms with Gasteiger partial charge < -0.3 is 4.74 Å². The van der Waals surface area contributed by atoms with Gasteiger partial charge in [-0.15, -0.1) is 0 Å². The monoisotopic (exact) mass is 300 g/mol. The van der Waals surface area contributed by atoms with Crippen molar-refractivity contribution in [3.8, 4) is 0 Å². The number of ether oxygens (including phenoxy) is 1. The van der Waals surface area contributed by atoms with Crippen molar-refractivity contribution in [2.24, 2.45) is 0 Å². The lowest BCUT2D eigenvalue weighted by atomic mass is 10.1. The number of halogens is 1. The highest BCUT2D eigenvalue weighted by atomic mass is 35.5. The Labute approximate surface area is 126 Å². The van der Waals surface area contributed by atoms with Crippen molar-refractivity contribution in [2.75, 3.05) is 7.11 Å². The third kappa shape index (κ3) is 2.76. The second kappa shape index (κ2) is 5.58. The first-order chi connectivity index (χ1) is 10.2. The van der Waals surface area contributed by atoms with Gasteiger partial charge >= 0.3 is 5.97 Å². The van der Waals surface area contributed by atoms with Crippen LogP contribution >= 0.6 is 11.6 Å². The number of nitrogens with zero attached hydrogens (tertiary/aromatic N) is 2. The van der Waals surface area contributed by atoms with Crippen molar-refractivity contribution >= 4 is 28.5 Å². The normalized spacial score (nSPS) is 10.8. The Morgan fingerprint density at radius 1 is 1.29 bits per heavy atom. The molecule has 1 aromatic heterocycles. The van der Waals surface area contributed by atoms with E-state index in [9.17, 15) is 4.79 Å². The standard InChI is InChI=1S/C16H13ClN2O2/c1-21-16(20)12-5-6-13-9-18-19(15(13)8-12)10-11-3-2-4-14(17)7-11/h2-9H,10H2,1H3. The summed E-state index contributed by atoms with van der Waals surface area (Å²) in [4.78, 5) is 11.6. The summed E-state index contributed by atoms with van der Waals surface area (Å²) in [5.74, 6) is -0.354.